The molecule has 1 saturated heterocycles. The number of aliphatic imine (C=N–C) groups is 1. The fourth-order valence-electron chi connectivity index (χ4n) is 3.84. The van der Waals surface area contributed by atoms with Crippen molar-refractivity contribution >= 4 is 23.5 Å². The van der Waals surface area contributed by atoms with Gasteiger partial charge in [0, 0.05) is 31.9 Å². The molecule has 0 bridgehead atoms. The van der Waals surface area contributed by atoms with Gasteiger partial charge in [-0.15, -0.1) is 0 Å². The van der Waals surface area contributed by atoms with E-state index in [1.165, 1.54) is 19.2 Å². The van der Waals surface area contributed by atoms with E-state index in [0.717, 1.165) is 11.3 Å². The summed E-state index contributed by atoms with van der Waals surface area (Å²) in [6.07, 6.45) is 0. The summed E-state index contributed by atoms with van der Waals surface area (Å²) in [5, 5.41) is 2.78. The van der Waals surface area contributed by atoms with E-state index in [4.69, 9.17) is 9.73 Å². The van der Waals surface area contributed by atoms with Crippen molar-refractivity contribution in [3.8, 4) is 0 Å². The van der Waals surface area contributed by atoms with Gasteiger partial charge in [0.2, 0.25) is 11.9 Å². The largest absolute Gasteiger partial charge is 0.468 e. The monoisotopic (exact) mass is 410 g/mol. The summed E-state index contributed by atoms with van der Waals surface area (Å²) in [6, 6.07) is 15.1. The zero-order chi connectivity index (χ0) is 21.1. The van der Waals surface area contributed by atoms with Crippen LogP contribution < -0.4 is 10.2 Å². The summed E-state index contributed by atoms with van der Waals surface area (Å²) in [4.78, 5) is 33.9. The lowest BCUT2D eigenvalue weighted by Gasteiger charge is -2.39. The Kier molecular flexibility index (Phi) is 5.65. The predicted molar refractivity (Wildman–Crippen MR) is 110 cm³/mol. The van der Waals surface area contributed by atoms with Crippen LogP contribution in [0.15, 0.2) is 59.6 Å². The maximum absolute atomic E-state index is 13.2. The molecule has 156 valence electrons. The van der Waals surface area contributed by atoms with Crippen LogP contribution in [-0.2, 0) is 14.3 Å². The summed E-state index contributed by atoms with van der Waals surface area (Å²) >= 11 is 0. The zero-order valence-corrected chi connectivity index (χ0v) is 16.6. The number of ether oxygens (including phenoxy) is 1. The molecule has 0 saturated carbocycles. The second-order valence-corrected chi connectivity index (χ2v) is 7.25. The van der Waals surface area contributed by atoms with Crippen molar-refractivity contribution in [1.29, 1.82) is 0 Å². The Morgan fingerprint density at radius 2 is 1.67 bits per heavy atom. The van der Waals surface area contributed by atoms with Crippen LogP contribution in [-0.4, -0.2) is 56.0 Å². The molecule has 0 spiro atoms. The van der Waals surface area contributed by atoms with Crippen LogP contribution in [0.25, 0.3) is 0 Å². The first-order valence-corrected chi connectivity index (χ1v) is 9.83. The molecule has 2 atom stereocenters. The van der Waals surface area contributed by atoms with Gasteiger partial charge < -0.3 is 14.5 Å². The number of halogens is 1. The number of nitrogens with zero attached hydrogens (tertiary/aromatic N) is 3. The minimum absolute atomic E-state index is 0.260. The number of methoxy groups -OCH3 is 1. The summed E-state index contributed by atoms with van der Waals surface area (Å²) in [5.41, 5.74) is 1.74. The van der Waals surface area contributed by atoms with E-state index >= 15 is 0 Å². The number of carbonyl (C=O) groups excluding carboxylic acids is 2. The Hall–Kier alpha value is -3.42. The van der Waals surface area contributed by atoms with Crippen molar-refractivity contribution in [3.63, 3.8) is 0 Å². The Bertz CT molecular complexity index is 941. The van der Waals surface area contributed by atoms with Gasteiger partial charge in [-0.1, -0.05) is 30.3 Å². The van der Waals surface area contributed by atoms with Crippen LogP contribution in [0, 0.1) is 11.7 Å². The van der Waals surface area contributed by atoms with E-state index in [1.54, 1.807) is 12.1 Å². The molecule has 4 rings (SSSR count). The van der Waals surface area contributed by atoms with E-state index in [-0.39, 0.29) is 5.82 Å². The molecule has 8 heteroatoms. The van der Waals surface area contributed by atoms with Gasteiger partial charge in [0.25, 0.3) is 0 Å². The molecule has 1 amide bonds. The smallest absolute Gasteiger partial charge is 0.320 e. The Morgan fingerprint density at radius 1 is 1.03 bits per heavy atom. The number of benzene rings is 2. The molecule has 2 aliphatic heterocycles. The highest BCUT2D eigenvalue weighted by Crippen LogP contribution is 2.31. The van der Waals surface area contributed by atoms with Crippen molar-refractivity contribution in [3.05, 3.63) is 66.0 Å². The Balaban J connectivity index is 1.54. The number of carbonyl (C=O) groups is 2. The molecule has 0 unspecified atom stereocenters. The molecular formula is C22H23FN4O3. The maximum atomic E-state index is 13.2. The molecule has 2 aliphatic rings. The highest BCUT2D eigenvalue weighted by molar-refractivity contribution is 6.08. The highest BCUT2D eigenvalue weighted by Gasteiger charge is 2.41. The highest BCUT2D eigenvalue weighted by atomic mass is 19.1. The van der Waals surface area contributed by atoms with Crippen molar-refractivity contribution in [2.24, 2.45) is 10.9 Å². The number of anilines is 1. The van der Waals surface area contributed by atoms with Crippen LogP contribution in [0.5, 0.6) is 0 Å². The molecule has 0 aliphatic carbocycles. The maximum Gasteiger partial charge on any atom is 0.320 e. The van der Waals surface area contributed by atoms with Crippen molar-refractivity contribution in [2.45, 2.75) is 6.04 Å². The number of nitrogens with one attached hydrogen (secondary N) is 1. The predicted octanol–water partition coefficient (Wildman–Crippen LogP) is 1.96. The van der Waals surface area contributed by atoms with E-state index in [1.807, 2.05) is 35.2 Å². The molecule has 0 radical (unpaired) electrons. The quantitative estimate of drug-likeness (QED) is 0.619. The van der Waals surface area contributed by atoms with Gasteiger partial charge in [0.1, 0.15) is 11.9 Å². The van der Waals surface area contributed by atoms with E-state index in [2.05, 4.69) is 10.2 Å². The van der Waals surface area contributed by atoms with Crippen LogP contribution in [0.2, 0.25) is 0 Å². The van der Waals surface area contributed by atoms with Gasteiger partial charge in [-0.2, -0.15) is 0 Å². The Labute approximate surface area is 174 Å². The third-order valence-corrected chi connectivity index (χ3v) is 5.46. The van der Waals surface area contributed by atoms with Crippen molar-refractivity contribution in [2.75, 3.05) is 38.2 Å². The van der Waals surface area contributed by atoms with Crippen LogP contribution in [0.4, 0.5) is 10.1 Å². The lowest BCUT2D eigenvalue weighted by molar-refractivity contribution is -0.151. The third kappa shape index (κ3) is 3.98. The number of rotatable bonds is 3. The fourth-order valence-corrected chi connectivity index (χ4v) is 3.84. The number of hydrogen-bond acceptors (Lipinski definition) is 6. The topological polar surface area (TPSA) is 74.2 Å². The standard InChI is InChI=1S/C22H23FN4O3/c1-30-21(29)18-19(15-5-3-2-4-6-15)24-22(25-20(18)28)27-13-11-26(12-14-27)17-9-7-16(23)8-10-17/h2-10,18-19H,11-14H2,1H3,(H,24,25,28)/t18-,19-/m1/s1. The molecule has 7 nitrogen and oxygen atoms in total. The lowest BCUT2D eigenvalue weighted by Crippen LogP contribution is -2.57. The first-order valence-electron chi connectivity index (χ1n) is 9.83. The molecule has 30 heavy (non-hydrogen) atoms. The van der Waals surface area contributed by atoms with Crippen molar-refractivity contribution < 1.29 is 18.7 Å². The summed E-state index contributed by atoms with van der Waals surface area (Å²) < 4.78 is 18.0. The zero-order valence-electron chi connectivity index (χ0n) is 16.6. The van der Waals surface area contributed by atoms with E-state index in [9.17, 15) is 14.0 Å². The van der Waals surface area contributed by atoms with Gasteiger partial charge in [0.15, 0.2) is 5.92 Å². The third-order valence-electron chi connectivity index (χ3n) is 5.46. The first-order chi connectivity index (χ1) is 14.6. The lowest BCUT2D eigenvalue weighted by atomic mass is 9.91. The SMILES string of the molecule is COC(=O)[C@H]1C(=O)NC(N2CCN(c3ccc(F)cc3)CC2)=N[C@@H]1c1ccccc1. The normalized spacial score (nSPS) is 21.7. The summed E-state index contributed by atoms with van der Waals surface area (Å²) in [5.74, 6) is -1.84. The number of esters is 1. The average Bonchev–Trinajstić information content (AvgIpc) is 2.79. The number of amides is 1. The molecule has 2 aromatic rings. The van der Waals surface area contributed by atoms with Crippen LogP contribution in [0.1, 0.15) is 11.6 Å². The minimum atomic E-state index is -1.03. The fraction of sp³-hybridized carbons (Fsp3) is 0.318. The minimum Gasteiger partial charge on any atom is -0.468 e. The van der Waals surface area contributed by atoms with Crippen molar-refractivity contribution in [1.82, 2.24) is 10.2 Å². The second kappa shape index (κ2) is 8.52. The molecule has 2 heterocycles. The van der Waals surface area contributed by atoms with Gasteiger partial charge in [-0.25, -0.2) is 9.38 Å². The number of guanidine groups is 1. The van der Waals surface area contributed by atoms with Gasteiger partial charge >= 0.3 is 5.97 Å². The van der Waals surface area contributed by atoms with Gasteiger partial charge in [0.05, 0.1) is 7.11 Å². The molecule has 2 aromatic carbocycles. The van der Waals surface area contributed by atoms with Crippen LogP contribution in [0.3, 0.4) is 0 Å². The molecule has 1 N–H and O–H groups in total. The van der Waals surface area contributed by atoms with Gasteiger partial charge in [-0.3, -0.25) is 14.9 Å². The molecule has 0 aromatic heterocycles. The van der Waals surface area contributed by atoms with E-state index < -0.39 is 23.8 Å². The first kappa shape index (κ1) is 19.9. The van der Waals surface area contributed by atoms with Gasteiger partial charge in [-0.05, 0) is 29.8 Å². The molecule has 1 fully saturated rings. The summed E-state index contributed by atoms with van der Waals surface area (Å²) in [7, 11) is 1.27. The van der Waals surface area contributed by atoms with E-state index in [0.29, 0.717) is 32.1 Å². The summed E-state index contributed by atoms with van der Waals surface area (Å²) in [6.45, 7) is 2.69. The number of hydrogen-bond donors (Lipinski definition) is 1. The Morgan fingerprint density at radius 3 is 2.30 bits per heavy atom. The number of piperazine rings is 1. The second-order valence-electron chi connectivity index (χ2n) is 7.25. The average molecular weight is 410 g/mol. The molecular weight excluding hydrogens is 387 g/mol. The van der Waals surface area contributed by atoms with Crippen LogP contribution >= 0.6 is 0 Å².